The van der Waals surface area contributed by atoms with Crippen molar-refractivity contribution in [2.75, 3.05) is 18.4 Å². The summed E-state index contributed by atoms with van der Waals surface area (Å²) in [6.45, 7) is 2.70. The fraction of sp³-hybridized carbons (Fsp3) is 0.312. The molecule has 0 amide bonds. The molecule has 1 fully saturated rings. The van der Waals surface area contributed by atoms with Crippen molar-refractivity contribution in [3.63, 3.8) is 0 Å². The van der Waals surface area contributed by atoms with Gasteiger partial charge in [0.25, 0.3) is 0 Å². The van der Waals surface area contributed by atoms with Crippen molar-refractivity contribution in [2.24, 2.45) is 0 Å². The first-order valence-electron chi connectivity index (χ1n) is 7.57. The fourth-order valence-corrected chi connectivity index (χ4v) is 2.88. The summed E-state index contributed by atoms with van der Waals surface area (Å²) in [5, 5.41) is 6.93. The molecule has 1 saturated heterocycles. The van der Waals surface area contributed by atoms with Gasteiger partial charge in [0.1, 0.15) is 0 Å². The van der Waals surface area contributed by atoms with Crippen LogP contribution in [-0.2, 0) is 6.54 Å². The number of anilines is 1. The van der Waals surface area contributed by atoms with Crippen LogP contribution in [0.3, 0.4) is 0 Å². The molecule has 0 spiro atoms. The van der Waals surface area contributed by atoms with Crippen molar-refractivity contribution >= 4 is 17.0 Å². The van der Waals surface area contributed by atoms with Gasteiger partial charge in [0, 0.05) is 25.0 Å². The van der Waals surface area contributed by atoms with Crippen molar-refractivity contribution < 1.29 is 0 Å². The topological polar surface area (TPSA) is 67.7 Å². The molecule has 0 aliphatic carbocycles. The van der Waals surface area contributed by atoms with Crippen LogP contribution in [0.2, 0.25) is 0 Å². The van der Waals surface area contributed by atoms with Crippen LogP contribution in [0.25, 0.3) is 11.0 Å². The molecule has 6 heteroatoms. The van der Waals surface area contributed by atoms with Crippen LogP contribution in [0.4, 0.5) is 5.95 Å². The van der Waals surface area contributed by atoms with Crippen LogP contribution < -0.4 is 10.6 Å². The monoisotopic (exact) mass is 294 g/mol. The number of nitrogens with one attached hydrogen (secondary N) is 2. The van der Waals surface area contributed by atoms with E-state index in [9.17, 15) is 0 Å². The second-order valence-electron chi connectivity index (χ2n) is 5.54. The van der Waals surface area contributed by atoms with Gasteiger partial charge in [0.05, 0.1) is 29.5 Å². The number of fused-ring (bicyclic) bond motifs is 1. The van der Waals surface area contributed by atoms with Gasteiger partial charge >= 0.3 is 0 Å². The second-order valence-corrected chi connectivity index (χ2v) is 5.54. The van der Waals surface area contributed by atoms with E-state index in [4.69, 9.17) is 4.98 Å². The number of aromatic nitrogens is 4. The van der Waals surface area contributed by atoms with Crippen LogP contribution in [0.1, 0.15) is 12.1 Å². The lowest BCUT2D eigenvalue weighted by molar-refractivity contribution is 0.740. The van der Waals surface area contributed by atoms with E-state index in [1.807, 2.05) is 18.2 Å². The van der Waals surface area contributed by atoms with Gasteiger partial charge in [-0.1, -0.05) is 12.1 Å². The molecule has 1 aliphatic heterocycles. The molecule has 0 bridgehead atoms. The lowest BCUT2D eigenvalue weighted by atomic mass is 10.3. The molecule has 2 aromatic heterocycles. The summed E-state index contributed by atoms with van der Waals surface area (Å²) in [4.78, 5) is 13.3. The molecule has 22 heavy (non-hydrogen) atoms. The normalized spacial score (nSPS) is 17.9. The molecule has 0 saturated carbocycles. The fourth-order valence-electron chi connectivity index (χ4n) is 2.88. The van der Waals surface area contributed by atoms with Crippen LogP contribution in [0.5, 0.6) is 0 Å². The van der Waals surface area contributed by atoms with E-state index in [0.717, 1.165) is 42.2 Å². The van der Waals surface area contributed by atoms with Gasteiger partial charge in [-0.2, -0.15) is 0 Å². The first-order chi connectivity index (χ1) is 10.9. The SMILES string of the molecule is c1ccc2c(c1)nc(NC1CCNC1)n2Cc1cnccn1. The van der Waals surface area contributed by atoms with Gasteiger partial charge < -0.3 is 15.2 Å². The summed E-state index contributed by atoms with van der Waals surface area (Å²) in [5.41, 5.74) is 3.04. The summed E-state index contributed by atoms with van der Waals surface area (Å²) in [5.74, 6) is 0.903. The van der Waals surface area contributed by atoms with Gasteiger partial charge in [0.15, 0.2) is 0 Å². The molecule has 0 radical (unpaired) electrons. The minimum atomic E-state index is 0.428. The number of nitrogens with zero attached hydrogens (tertiary/aromatic N) is 4. The third-order valence-corrected chi connectivity index (χ3v) is 3.98. The molecule has 4 rings (SSSR count). The van der Waals surface area contributed by atoms with Gasteiger partial charge in [-0.25, -0.2) is 4.98 Å². The molecule has 3 aromatic rings. The standard InChI is InChI=1S/C16H18N6/c1-2-4-15-14(3-1)21-16(20-12-5-6-17-9-12)22(15)11-13-10-18-7-8-19-13/h1-4,7-8,10,12,17H,5-6,9,11H2,(H,20,21). The van der Waals surface area contributed by atoms with Crippen LogP contribution in [0.15, 0.2) is 42.9 Å². The van der Waals surface area contributed by atoms with Crippen LogP contribution >= 0.6 is 0 Å². The molecule has 3 heterocycles. The van der Waals surface area contributed by atoms with E-state index in [2.05, 4.69) is 31.2 Å². The van der Waals surface area contributed by atoms with E-state index in [0.29, 0.717) is 12.6 Å². The third kappa shape index (κ3) is 2.53. The Bertz CT molecular complexity index is 761. The Morgan fingerprint density at radius 3 is 3.05 bits per heavy atom. The number of hydrogen-bond donors (Lipinski definition) is 2. The Morgan fingerprint density at radius 2 is 2.23 bits per heavy atom. The summed E-state index contributed by atoms with van der Waals surface area (Å²) in [6, 6.07) is 8.62. The minimum Gasteiger partial charge on any atom is -0.352 e. The largest absolute Gasteiger partial charge is 0.352 e. The molecular weight excluding hydrogens is 276 g/mol. The first-order valence-corrected chi connectivity index (χ1v) is 7.57. The number of benzene rings is 1. The lowest BCUT2D eigenvalue weighted by Gasteiger charge is -2.14. The molecule has 1 aromatic carbocycles. The van der Waals surface area contributed by atoms with E-state index in [1.54, 1.807) is 18.6 Å². The number of rotatable bonds is 4. The van der Waals surface area contributed by atoms with Gasteiger partial charge in [-0.15, -0.1) is 0 Å². The Balaban J connectivity index is 1.72. The van der Waals surface area contributed by atoms with Crippen LogP contribution in [-0.4, -0.2) is 38.7 Å². The smallest absolute Gasteiger partial charge is 0.204 e. The maximum absolute atomic E-state index is 4.75. The molecule has 112 valence electrons. The lowest BCUT2D eigenvalue weighted by Crippen LogP contribution is -2.24. The Morgan fingerprint density at radius 1 is 1.27 bits per heavy atom. The average Bonchev–Trinajstić information content (AvgIpc) is 3.18. The summed E-state index contributed by atoms with van der Waals surface area (Å²) in [6.07, 6.45) is 6.34. The Hall–Kier alpha value is -2.47. The summed E-state index contributed by atoms with van der Waals surface area (Å²) in [7, 11) is 0. The average molecular weight is 294 g/mol. The van der Waals surface area contributed by atoms with Gasteiger partial charge in [-0.3, -0.25) is 9.97 Å². The highest BCUT2D eigenvalue weighted by Gasteiger charge is 2.18. The molecule has 6 nitrogen and oxygen atoms in total. The van der Waals surface area contributed by atoms with Crippen molar-refractivity contribution in [1.82, 2.24) is 24.8 Å². The predicted molar refractivity (Wildman–Crippen MR) is 85.8 cm³/mol. The Labute approximate surface area is 128 Å². The van der Waals surface area contributed by atoms with Crippen molar-refractivity contribution in [3.05, 3.63) is 48.5 Å². The quantitative estimate of drug-likeness (QED) is 0.766. The maximum atomic E-state index is 4.75. The van der Waals surface area contributed by atoms with E-state index < -0.39 is 0 Å². The van der Waals surface area contributed by atoms with E-state index in [-0.39, 0.29) is 0 Å². The minimum absolute atomic E-state index is 0.428. The summed E-state index contributed by atoms with van der Waals surface area (Å²) < 4.78 is 2.18. The molecule has 1 aliphatic rings. The van der Waals surface area contributed by atoms with Crippen molar-refractivity contribution in [3.8, 4) is 0 Å². The van der Waals surface area contributed by atoms with Crippen LogP contribution in [0, 0.1) is 0 Å². The first kappa shape index (κ1) is 13.2. The van der Waals surface area contributed by atoms with E-state index in [1.165, 1.54) is 0 Å². The zero-order valence-corrected chi connectivity index (χ0v) is 12.2. The molecule has 1 unspecified atom stereocenters. The van der Waals surface area contributed by atoms with Crippen molar-refractivity contribution in [2.45, 2.75) is 19.0 Å². The summed E-state index contributed by atoms with van der Waals surface area (Å²) >= 11 is 0. The zero-order chi connectivity index (χ0) is 14.8. The highest BCUT2D eigenvalue weighted by atomic mass is 15.2. The zero-order valence-electron chi connectivity index (χ0n) is 12.2. The predicted octanol–water partition coefficient (Wildman–Crippen LogP) is 1.65. The molecule has 1 atom stereocenters. The third-order valence-electron chi connectivity index (χ3n) is 3.98. The number of hydrogen-bond acceptors (Lipinski definition) is 5. The van der Waals surface area contributed by atoms with Crippen molar-refractivity contribution in [1.29, 1.82) is 0 Å². The highest BCUT2D eigenvalue weighted by Crippen LogP contribution is 2.22. The molecular formula is C16H18N6. The van der Waals surface area contributed by atoms with E-state index >= 15 is 0 Å². The number of imidazole rings is 1. The maximum Gasteiger partial charge on any atom is 0.204 e. The highest BCUT2D eigenvalue weighted by molar-refractivity contribution is 5.78. The second kappa shape index (κ2) is 5.73. The molecule has 2 N–H and O–H groups in total. The van der Waals surface area contributed by atoms with Gasteiger partial charge in [0.2, 0.25) is 5.95 Å². The van der Waals surface area contributed by atoms with Gasteiger partial charge in [-0.05, 0) is 25.1 Å². The Kier molecular flexibility index (Phi) is 3.44. The number of para-hydroxylation sites is 2.